The van der Waals surface area contributed by atoms with Crippen molar-refractivity contribution in [2.24, 2.45) is 0 Å². The van der Waals surface area contributed by atoms with E-state index in [0.29, 0.717) is 43.1 Å². The van der Waals surface area contributed by atoms with E-state index in [2.05, 4.69) is 15.9 Å². The van der Waals surface area contributed by atoms with Crippen LogP contribution in [0.25, 0.3) is 6.08 Å². The van der Waals surface area contributed by atoms with Gasteiger partial charge in [-0.2, -0.15) is 0 Å². The van der Waals surface area contributed by atoms with Gasteiger partial charge in [0.05, 0.1) is 35.4 Å². The van der Waals surface area contributed by atoms with Crippen molar-refractivity contribution >= 4 is 67.9 Å². The van der Waals surface area contributed by atoms with Gasteiger partial charge in [0.2, 0.25) is 0 Å². The molecule has 174 valence electrons. The van der Waals surface area contributed by atoms with E-state index in [4.69, 9.17) is 31.2 Å². The molecule has 33 heavy (non-hydrogen) atoms. The molecule has 0 N–H and O–H groups in total. The summed E-state index contributed by atoms with van der Waals surface area (Å²) in [5, 5.41) is 0. The second-order valence-electron chi connectivity index (χ2n) is 6.57. The molecule has 1 aliphatic heterocycles. The molecule has 0 aliphatic carbocycles. The van der Waals surface area contributed by atoms with Crippen LogP contribution in [0.1, 0.15) is 19.4 Å². The highest BCUT2D eigenvalue weighted by atomic mass is 79.9. The van der Waals surface area contributed by atoms with E-state index in [9.17, 15) is 9.59 Å². The smallest absolute Gasteiger partial charge is 0.344 e. The molecular formula is C23H22BrNO6S2. The first kappa shape index (κ1) is 25.1. The minimum absolute atomic E-state index is 0.216. The summed E-state index contributed by atoms with van der Waals surface area (Å²) in [6.07, 6.45) is 1.73. The molecule has 0 radical (unpaired) electrons. The summed E-state index contributed by atoms with van der Waals surface area (Å²) in [4.78, 5) is 26.7. The fourth-order valence-electron chi connectivity index (χ4n) is 3.00. The van der Waals surface area contributed by atoms with Crippen LogP contribution >= 0.6 is 39.9 Å². The van der Waals surface area contributed by atoms with Crippen LogP contribution in [0.5, 0.6) is 17.2 Å². The average molecular weight is 552 g/mol. The lowest BCUT2D eigenvalue weighted by Crippen LogP contribution is -2.27. The fraction of sp³-hybridized carbons (Fsp3) is 0.261. The molecule has 0 saturated carbocycles. The first-order valence-corrected chi connectivity index (χ1v) is 12.1. The molecule has 7 nitrogen and oxygen atoms in total. The summed E-state index contributed by atoms with van der Waals surface area (Å²) in [6.45, 7) is 4.22. The van der Waals surface area contributed by atoms with Crippen LogP contribution in [0.15, 0.2) is 45.8 Å². The highest BCUT2D eigenvalue weighted by molar-refractivity contribution is 9.10. The maximum atomic E-state index is 13.1. The minimum atomic E-state index is -0.478. The minimum Gasteiger partial charge on any atom is -0.494 e. The lowest BCUT2D eigenvalue weighted by molar-refractivity contribution is -0.145. The molecule has 0 bridgehead atoms. The van der Waals surface area contributed by atoms with E-state index in [1.807, 2.05) is 6.92 Å². The molecule has 10 heteroatoms. The van der Waals surface area contributed by atoms with Gasteiger partial charge in [0.15, 0.2) is 22.4 Å². The van der Waals surface area contributed by atoms with Gasteiger partial charge >= 0.3 is 5.97 Å². The number of nitrogens with zero attached hydrogens (tertiary/aromatic N) is 1. The summed E-state index contributed by atoms with van der Waals surface area (Å²) in [7, 11) is 1.49. The molecule has 0 atom stereocenters. The SMILES string of the molecule is CCOC(=O)COc1c(Br)cc(/C=C2\SC(=S)N(c3ccc(OCC)cc3)C2=O)cc1OC. The molecular weight excluding hydrogens is 530 g/mol. The van der Waals surface area contributed by atoms with Crippen molar-refractivity contribution in [3.8, 4) is 17.2 Å². The summed E-state index contributed by atoms with van der Waals surface area (Å²) in [5.74, 6) is 0.802. The van der Waals surface area contributed by atoms with Gasteiger partial charge in [-0.05, 0) is 77.8 Å². The Morgan fingerprint density at radius 3 is 2.52 bits per heavy atom. The lowest BCUT2D eigenvalue weighted by atomic mass is 10.1. The van der Waals surface area contributed by atoms with E-state index < -0.39 is 5.97 Å². The number of thioether (sulfide) groups is 1. The van der Waals surface area contributed by atoms with Gasteiger partial charge in [-0.3, -0.25) is 9.69 Å². The predicted molar refractivity (Wildman–Crippen MR) is 136 cm³/mol. The standard InChI is InChI=1S/C23H22BrNO6S2/c1-4-29-16-8-6-15(7-9-16)25-22(27)19(33-23(25)32)12-14-10-17(24)21(18(11-14)28-3)31-13-20(26)30-5-2/h6-12H,4-5,13H2,1-3H3/b19-12-. The molecule has 1 fully saturated rings. The number of methoxy groups -OCH3 is 1. The molecule has 1 heterocycles. The highest BCUT2D eigenvalue weighted by Gasteiger charge is 2.33. The molecule has 0 aromatic heterocycles. The van der Waals surface area contributed by atoms with Crippen molar-refractivity contribution < 1.29 is 28.5 Å². The predicted octanol–water partition coefficient (Wildman–Crippen LogP) is 5.20. The number of amides is 1. The molecule has 0 unspecified atom stereocenters. The number of thiocarbonyl (C=S) groups is 1. The van der Waals surface area contributed by atoms with Gasteiger partial charge < -0.3 is 18.9 Å². The number of rotatable bonds is 9. The second kappa shape index (κ2) is 11.5. The van der Waals surface area contributed by atoms with Crippen LogP contribution in [0.2, 0.25) is 0 Å². The maximum absolute atomic E-state index is 13.1. The van der Waals surface area contributed by atoms with Gasteiger partial charge in [0.25, 0.3) is 5.91 Å². The molecule has 1 amide bonds. The highest BCUT2D eigenvalue weighted by Crippen LogP contribution is 2.40. The van der Waals surface area contributed by atoms with E-state index in [-0.39, 0.29) is 19.1 Å². The molecule has 3 rings (SSSR count). The molecule has 0 spiro atoms. The van der Waals surface area contributed by atoms with Gasteiger partial charge in [-0.15, -0.1) is 0 Å². The summed E-state index contributed by atoms with van der Waals surface area (Å²) in [6, 6.07) is 10.7. The van der Waals surface area contributed by atoms with Crippen molar-refractivity contribution in [1.82, 2.24) is 0 Å². The molecule has 2 aromatic carbocycles. The van der Waals surface area contributed by atoms with Crippen LogP contribution in [0.4, 0.5) is 5.69 Å². The van der Waals surface area contributed by atoms with E-state index in [1.165, 1.54) is 23.8 Å². The zero-order valence-electron chi connectivity index (χ0n) is 18.3. The largest absolute Gasteiger partial charge is 0.494 e. The average Bonchev–Trinajstić information content (AvgIpc) is 3.06. The Kier molecular flexibility index (Phi) is 8.76. The lowest BCUT2D eigenvalue weighted by Gasteiger charge is -2.15. The summed E-state index contributed by atoms with van der Waals surface area (Å²) >= 11 is 10.1. The molecule has 1 saturated heterocycles. The maximum Gasteiger partial charge on any atom is 0.344 e. The molecule has 1 aliphatic rings. The third kappa shape index (κ3) is 6.07. The first-order valence-electron chi connectivity index (χ1n) is 10.0. The number of anilines is 1. The fourth-order valence-corrected chi connectivity index (χ4v) is 4.87. The van der Waals surface area contributed by atoms with Crippen molar-refractivity contribution in [1.29, 1.82) is 0 Å². The Balaban J connectivity index is 1.82. The number of carbonyl (C=O) groups excluding carboxylic acids is 2. The number of benzene rings is 2. The van der Waals surface area contributed by atoms with Crippen LogP contribution in [-0.2, 0) is 14.3 Å². The zero-order chi connectivity index (χ0) is 24.0. The van der Waals surface area contributed by atoms with Gasteiger partial charge in [0, 0.05) is 0 Å². The Labute approximate surface area is 210 Å². The van der Waals surface area contributed by atoms with Crippen molar-refractivity contribution in [3.05, 3.63) is 51.3 Å². The number of carbonyl (C=O) groups is 2. The third-order valence-electron chi connectivity index (χ3n) is 4.39. The van der Waals surface area contributed by atoms with Crippen molar-refractivity contribution in [3.63, 3.8) is 0 Å². The van der Waals surface area contributed by atoms with E-state index >= 15 is 0 Å². The normalized spacial score (nSPS) is 14.5. The van der Waals surface area contributed by atoms with Crippen LogP contribution < -0.4 is 19.1 Å². The van der Waals surface area contributed by atoms with E-state index in [1.54, 1.807) is 49.4 Å². The van der Waals surface area contributed by atoms with Crippen LogP contribution in [-0.4, -0.2) is 43.1 Å². The third-order valence-corrected chi connectivity index (χ3v) is 6.28. The van der Waals surface area contributed by atoms with Crippen molar-refractivity contribution in [2.45, 2.75) is 13.8 Å². The topological polar surface area (TPSA) is 74.3 Å². The molecule has 2 aromatic rings. The van der Waals surface area contributed by atoms with Gasteiger partial charge in [-0.1, -0.05) is 24.0 Å². The van der Waals surface area contributed by atoms with Gasteiger partial charge in [-0.25, -0.2) is 4.79 Å². The number of hydrogen-bond acceptors (Lipinski definition) is 8. The van der Waals surface area contributed by atoms with Crippen molar-refractivity contribution in [2.75, 3.05) is 31.8 Å². The Morgan fingerprint density at radius 2 is 1.88 bits per heavy atom. The number of hydrogen-bond donors (Lipinski definition) is 0. The summed E-state index contributed by atoms with van der Waals surface area (Å²) < 4.78 is 22.3. The zero-order valence-corrected chi connectivity index (χ0v) is 21.5. The van der Waals surface area contributed by atoms with Crippen LogP contribution in [0, 0.1) is 0 Å². The number of halogens is 1. The Bertz CT molecular complexity index is 1090. The van der Waals surface area contributed by atoms with Crippen LogP contribution in [0.3, 0.4) is 0 Å². The van der Waals surface area contributed by atoms with Gasteiger partial charge in [0.1, 0.15) is 5.75 Å². The summed E-state index contributed by atoms with van der Waals surface area (Å²) in [5.41, 5.74) is 1.38. The second-order valence-corrected chi connectivity index (χ2v) is 9.10. The Hall–Kier alpha value is -2.56. The monoisotopic (exact) mass is 551 g/mol. The number of ether oxygens (including phenoxy) is 4. The number of esters is 1. The quantitative estimate of drug-likeness (QED) is 0.239. The Morgan fingerprint density at radius 1 is 1.15 bits per heavy atom. The first-order chi connectivity index (χ1) is 15.9. The van der Waals surface area contributed by atoms with E-state index in [0.717, 1.165) is 5.75 Å².